The summed E-state index contributed by atoms with van der Waals surface area (Å²) in [4.78, 5) is 39.4. The minimum atomic E-state index is -4.58. The first-order chi connectivity index (χ1) is 15.9. The van der Waals surface area contributed by atoms with E-state index in [1.54, 1.807) is 0 Å². The molecule has 0 saturated carbocycles. The summed E-state index contributed by atoms with van der Waals surface area (Å²) in [6.07, 6.45) is 2.99. The Morgan fingerprint density at radius 1 is 0.941 bits per heavy atom. The van der Waals surface area contributed by atoms with Crippen molar-refractivity contribution < 1.29 is 47.0 Å². The van der Waals surface area contributed by atoms with E-state index < -0.39 is 30.5 Å². The zero-order valence-electron chi connectivity index (χ0n) is 18.9. The monoisotopic (exact) mass is 531 g/mol. The zero-order chi connectivity index (χ0) is 25.6. The third-order valence-corrected chi connectivity index (χ3v) is 6.85. The quantitative estimate of drug-likeness (QED) is 0.134. The number of carboxylic acids is 1. The number of alkyl halides is 3. The van der Waals surface area contributed by atoms with Gasteiger partial charge in [0.25, 0.3) is 0 Å². The minimum Gasteiger partial charge on any atom is -0.490 e. The van der Waals surface area contributed by atoms with Gasteiger partial charge in [-0.3, -0.25) is 14.2 Å². The number of nitrogens with one attached hydrogen (secondary N) is 1. The van der Waals surface area contributed by atoms with Gasteiger partial charge in [0.2, 0.25) is 5.91 Å². The second-order valence-electron chi connectivity index (χ2n) is 8.02. The molecule has 0 aromatic carbocycles. The van der Waals surface area contributed by atoms with Crippen molar-refractivity contribution >= 4 is 35.8 Å². The summed E-state index contributed by atoms with van der Waals surface area (Å²) < 4.78 is 55.1. The highest BCUT2D eigenvalue weighted by atomic mass is 32.1. The minimum absolute atomic E-state index is 0.0357. The second-order valence-corrected chi connectivity index (χ2v) is 10.8. The van der Waals surface area contributed by atoms with Gasteiger partial charge < -0.3 is 24.9 Å². The molecule has 13 heteroatoms. The number of carboxylic acid groups (broad SMARTS) is 1. The molecule has 0 bridgehead atoms. The van der Waals surface area contributed by atoms with Crippen LogP contribution in [0.25, 0.3) is 0 Å². The van der Waals surface area contributed by atoms with Crippen LogP contribution in [0.4, 0.5) is 18.2 Å². The van der Waals surface area contributed by atoms with E-state index in [0.717, 1.165) is 51.0 Å². The zero-order valence-corrected chi connectivity index (χ0v) is 20.7. The van der Waals surface area contributed by atoms with Gasteiger partial charge in [0.1, 0.15) is 9.88 Å². The molecule has 196 valence electrons. The van der Waals surface area contributed by atoms with Gasteiger partial charge in [-0.1, -0.05) is 44.9 Å². The molecular formula is C21H33F3NO7PS. The van der Waals surface area contributed by atoms with Crippen LogP contribution in [0.5, 0.6) is 5.75 Å². The fraction of sp³-hybridized carbons (Fsp3) is 0.714. The number of halogens is 3. The van der Waals surface area contributed by atoms with E-state index >= 15 is 0 Å². The van der Waals surface area contributed by atoms with Gasteiger partial charge in [-0.15, -0.1) is 11.3 Å². The Kier molecular flexibility index (Phi) is 13.8. The lowest BCUT2D eigenvalue weighted by Gasteiger charge is -2.08. The maximum atomic E-state index is 13.0. The predicted molar refractivity (Wildman–Crippen MR) is 123 cm³/mol. The molecule has 0 unspecified atom stereocenters. The molecule has 0 saturated heterocycles. The first-order valence-corrected chi connectivity index (χ1v) is 13.9. The number of rotatable bonds is 18. The standard InChI is InChI=1S/C21H33F3NO7PS/c22-21(23,24)17-15-16(32-13-10-12-19(27)28)20(34-17)25-18(26)11-8-6-4-2-1-3-5-7-9-14-33(29,30)31/h15H,1-14H2,(H,25,26)(H,27,28)(H2,29,30,31). The number of carbonyl (C=O) groups is 2. The fourth-order valence-electron chi connectivity index (χ4n) is 3.14. The van der Waals surface area contributed by atoms with Gasteiger partial charge in [0.05, 0.1) is 6.61 Å². The summed E-state index contributed by atoms with van der Waals surface area (Å²) in [5.41, 5.74) is 0. The van der Waals surface area contributed by atoms with Crippen molar-refractivity contribution in [3.8, 4) is 5.75 Å². The van der Waals surface area contributed by atoms with Crippen molar-refractivity contribution in [1.82, 2.24) is 0 Å². The summed E-state index contributed by atoms with van der Waals surface area (Å²) in [6, 6.07) is 0.813. The number of thiophene rings is 1. The van der Waals surface area contributed by atoms with E-state index in [0.29, 0.717) is 24.2 Å². The van der Waals surface area contributed by atoms with Gasteiger partial charge in [-0.05, 0) is 19.3 Å². The fourth-order valence-corrected chi connectivity index (χ4v) is 4.66. The van der Waals surface area contributed by atoms with E-state index in [2.05, 4.69) is 5.32 Å². The van der Waals surface area contributed by atoms with Gasteiger partial charge in [-0.25, -0.2) is 0 Å². The highest BCUT2D eigenvalue weighted by molar-refractivity contribution is 7.51. The maximum Gasteiger partial charge on any atom is 0.425 e. The van der Waals surface area contributed by atoms with Crippen molar-refractivity contribution in [1.29, 1.82) is 0 Å². The van der Waals surface area contributed by atoms with Crippen LogP contribution in [-0.2, 0) is 20.3 Å². The van der Waals surface area contributed by atoms with Crippen molar-refractivity contribution in [2.24, 2.45) is 0 Å². The van der Waals surface area contributed by atoms with Crippen LogP contribution >= 0.6 is 18.9 Å². The van der Waals surface area contributed by atoms with Crippen LogP contribution in [0.2, 0.25) is 0 Å². The molecule has 0 spiro atoms. The molecule has 0 radical (unpaired) electrons. The van der Waals surface area contributed by atoms with Gasteiger partial charge in [-0.2, -0.15) is 13.2 Å². The molecule has 0 atom stereocenters. The van der Waals surface area contributed by atoms with Crippen LogP contribution in [0.1, 0.15) is 81.9 Å². The lowest BCUT2D eigenvalue weighted by atomic mass is 10.1. The van der Waals surface area contributed by atoms with Crippen LogP contribution in [0.15, 0.2) is 6.07 Å². The number of anilines is 1. The first kappa shape index (κ1) is 30.4. The average molecular weight is 532 g/mol. The molecule has 8 nitrogen and oxygen atoms in total. The predicted octanol–water partition coefficient (Wildman–Crippen LogP) is 6.03. The van der Waals surface area contributed by atoms with Gasteiger partial charge in [0, 0.05) is 25.1 Å². The third kappa shape index (κ3) is 14.6. The van der Waals surface area contributed by atoms with E-state index in [1.165, 1.54) is 0 Å². The summed E-state index contributed by atoms with van der Waals surface area (Å²) >= 11 is 0.377. The molecule has 34 heavy (non-hydrogen) atoms. The summed E-state index contributed by atoms with van der Waals surface area (Å²) in [7, 11) is -3.90. The Morgan fingerprint density at radius 2 is 1.50 bits per heavy atom. The van der Waals surface area contributed by atoms with E-state index in [4.69, 9.17) is 19.6 Å². The Hall–Kier alpha value is -1.62. The molecule has 0 fully saturated rings. The normalized spacial score (nSPS) is 12.0. The summed E-state index contributed by atoms with van der Waals surface area (Å²) in [5.74, 6) is -1.55. The first-order valence-electron chi connectivity index (χ1n) is 11.3. The number of ether oxygens (including phenoxy) is 1. The Morgan fingerprint density at radius 3 is 2.03 bits per heavy atom. The molecule has 1 heterocycles. The van der Waals surface area contributed by atoms with E-state index in [-0.39, 0.29) is 42.8 Å². The van der Waals surface area contributed by atoms with E-state index in [1.807, 2.05) is 0 Å². The number of amides is 1. The second kappa shape index (κ2) is 15.4. The largest absolute Gasteiger partial charge is 0.490 e. The van der Waals surface area contributed by atoms with E-state index in [9.17, 15) is 27.3 Å². The molecule has 1 amide bonds. The number of hydrogen-bond donors (Lipinski definition) is 4. The van der Waals surface area contributed by atoms with Crippen LogP contribution in [-0.4, -0.2) is 39.5 Å². The smallest absolute Gasteiger partial charge is 0.425 e. The average Bonchev–Trinajstić information content (AvgIpc) is 3.11. The lowest BCUT2D eigenvalue weighted by Crippen LogP contribution is -2.11. The van der Waals surface area contributed by atoms with Crippen LogP contribution in [0.3, 0.4) is 0 Å². The molecule has 1 aromatic heterocycles. The van der Waals surface area contributed by atoms with Crippen molar-refractivity contribution in [3.63, 3.8) is 0 Å². The van der Waals surface area contributed by atoms with Gasteiger partial charge in [0.15, 0.2) is 5.75 Å². The van der Waals surface area contributed by atoms with Crippen LogP contribution in [0, 0.1) is 0 Å². The van der Waals surface area contributed by atoms with Crippen LogP contribution < -0.4 is 10.1 Å². The molecule has 0 aliphatic carbocycles. The summed E-state index contributed by atoms with van der Waals surface area (Å²) in [6.45, 7) is -0.0765. The maximum absolute atomic E-state index is 13.0. The number of unbranched alkanes of at least 4 members (excludes halogenated alkanes) is 8. The molecule has 1 rings (SSSR count). The van der Waals surface area contributed by atoms with Crippen molar-refractivity contribution in [2.45, 2.75) is 83.2 Å². The Labute approximate surface area is 201 Å². The Balaban J connectivity index is 2.28. The molecule has 1 aromatic rings. The van der Waals surface area contributed by atoms with Crippen molar-refractivity contribution in [2.75, 3.05) is 18.1 Å². The molecule has 4 N–H and O–H groups in total. The molecule has 0 aliphatic rings. The topological polar surface area (TPSA) is 133 Å². The SMILES string of the molecule is O=C(O)CCCOc1cc(C(F)(F)F)sc1NC(=O)CCCCCCCCCCCP(=O)(O)O. The Bertz CT molecular complexity index is 811. The van der Waals surface area contributed by atoms with Crippen molar-refractivity contribution in [3.05, 3.63) is 10.9 Å². The number of aliphatic carboxylic acids is 1. The molecular weight excluding hydrogens is 498 g/mol. The summed E-state index contributed by atoms with van der Waals surface area (Å²) in [5, 5.41) is 11.1. The number of carbonyl (C=O) groups excluding carboxylic acids is 1. The van der Waals surface area contributed by atoms with Gasteiger partial charge >= 0.3 is 19.7 Å². The lowest BCUT2D eigenvalue weighted by molar-refractivity contribution is -0.137. The highest BCUT2D eigenvalue weighted by Gasteiger charge is 2.34. The number of hydrogen-bond acceptors (Lipinski definition) is 5. The third-order valence-electron chi connectivity index (χ3n) is 4.88. The molecule has 0 aliphatic heterocycles. The highest BCUT2D eigenvalue weighted by Crippen LogP contribution is 2.43.